The van der Waals surface area contributed by atoms with E-state index in [1.165, 1.54) is 0 Å². The van der Waals surface area contributed by atoms with E-state index in [1.54, 1.807) is 0 Å². The fourth-order valence-corrected chi connectivity index (χ4v) is 1.96. The van der Waals surface area contributed by atoms with Gasteiger partial charge in [0.25, 0.3) is 0 Å². The van der Waals surface area contributed by atoms with Crippen LogP contribution in [0.25, 0.3) is 0 Å². The minimum absolute atomic E-state index is 0.0116. The maximum absolute atomic E-state index is 10.9. The summed E-state index contributed by atoms with van der Waals surface area (Å²) in [6.07, 6.45) is 0.752. The van der Waals surface area contributed by atoms with Crippen LogP contribution < -0.4 is 4.18 Å². The van der Waals surface area contributed by atoms with Crippen LogP contribution in [-0.4, -0.2) is 19.6 Å². The third kappa shape index (κ3) is 3.22. The van der Waals surface area contributed by atoms with Crippen molar-refractivity contribution in [1.29, 1.82) is 0 Å². The van der Waals surface area contributed by atoms with Crippen LogP contribution in [0.2, 0.25) is 10.0 Å². The number of nitro groups is 1. The molecular formula is C7H5Cl2NO5S. The summed E-state index contributed by atoms with van der Waals surface area (Å²) in [5.74, 6) is -0.543. The molecule has 0 fully saturated rings. The first-order chi connectivity index (χ1) is 7.20. The highest BCUT2D eigenvalue weighted by atomic mass is 35.5. The highest BCUT2D eigenvalue weighted by Crippen LogP contribution is 2.38. The normalized spacial score (nSPS) is 11.2. The summed E-state index contributed by atoms with van der Waals surface area (Å²) in [6.45, 7) is 0. The smallest absolute Gasteiger partial charge is 0.315 e. The van der Waals surface area contributed by atoms with Gasteiger partial charge in [-0.3, -0.25) is 10.1 Å². The molecule has 1 aromatic carbocycles. The van der Waals surface area contributed by atoms with Crippen LogP contribution in [0.4, 0.5) is 5.69 Å². The minimum Gasteiger partial charge on any atom is -0.374 e. The van der Waals surface area contributed by atoms with E-state index in [0.717, 1.165) is 18.4 Å². The summed E-state index contributed by atoms with van der Waals surface area (Å²) >= 11 is 11.1. The van der Waals surface area contributed by atoms with Gasteiger partial charge in [0.15, 0.2) is 0 Å². The van der Waals surface area contributed by atoms with Crippen LogP contribution in [0.15, 0.2) is 12.1 Å². The molecule has 0 saturated heterocycles. The lowest BCUT2D eigenvalue weighted by atomic mass is 10.3. The second kappa shape index (κ2) is 4.44. The monoisotopic (exact) mass is 285 g/mol. The van der Waals surface area contributed by atoms with Gasteiger partial charge in [-0.15, -0.1) is 0 Å². The average Bonchev–Trinajstić information content (AvgIpc) is 2.07. The molecule has 0 aliphatic rings. The molecule has 1 rings (SSSR count). The molecule has 0 aliphatic carbocycles. The molecular weight excluding hydrogens is 281 g/mol. The Morgan fingerprint density at radius 2 is 1.94 bits per heavy atom. The number of hydrogen-bond donors (Lipinski definition) is 0. The van der Waals surface area contributed by atoms with Crippen molar-refractivity contribution in [2.24, 2.45) is 0 Å². The molecule has 0 aliphatic heterocycles. The molecule has 0 N–H and O–H groups in total. The zero-order chi connectivity index (χ0) is 12.5. The second-order valence-corrected chi connectivity index (χ2v) is 5.20. The number of halogens is 2. The van der Waals surface area contributed by atoms with Crippen LogP contribution in [0.1, 0.15) is 0 Å². The summed E-state index contributed by atoms with van der Waals surface area (Å²) in [7, 11) is -3.90. The van der Waals surface area contributed by atoms with Crippen LogP contribution in [0, 0.1) is 10.1 Å². The second-order valence-electron chi connectivity index (χ2n) is 2.78. The van der Waals surface area contributed by atoms with E-state index in [0.29, 0.717) is 0 Å². The van der Waals surface area contributed by atoms with Crippen molar-refractivity contribution in [1.82, 2.24) is 0 Å². The molecule has 9 heteroatoms. The van der Waals surface area contributed by atoms with Crippen molar-refractivity contribution in [3.05, 3.63) is 32.3 Å². The highest BCUT2D eigenvalue weighted by molar-refractivity contribution is 7.86. The summed E-state index contributed by atoms with van der Waals surface area (Å²) in [5.41, 5.74) is -0.608. The van der Waals surface area contributed by atoms with Gasteiger partial charge in [-0.05, 0) is 6.07 Å². The number of hydrogen-bond acceptors (Lipinski definition) is 5. The highest BCUT2D eigenvalue weighted by Gasteiger charge is 2.23. The van der Waals surface area contributed by atoms with E-state index in [-0.39, 0.29) is 10.0 Å². The van der Waals surface area contributed by atoms with Crippen LogP contribution in [-0.2, 0) is 10.1 Å². The summed E-state index contributed by atoms with van der Waals surface area (Å²) in [4.78, 5) is 9.79. The van der Waals surface area contributed by atoms with Gasteiger partial charge in [0.05, 0.1) is 16.2 Å². The van der Waals surface area contributed by atoms with Crippen LogP contribution >= 0.6 is 23.2 Å². The number of nitrogens with zero attached hydrogens (tertiary/aromatic N) is 1. The Morgan fingerprint density at radius 3 is 2.38 bits per heavy atom. The maximum Gasteiger partial charge on any atom is 0.315 e. The predicted molar refractivity (Wildman–Crippen MR) is 58.6 cm³/mol. The first kappa shape index (κ1) is 13.0. The number of benzene rings is 1. The zero-order valence-corrected chi connectivity index (χ0v) is 10.1. The average molecular weight is 286 g/mol. The standard InChI is InChI=1S/C7H5Cl2NO5S/c1-16(13,14)15-7-5(9)2-4(8)3-6(7)10(11)12/h2-3H,1H3. The molecule has 0 unspecified atom stereocenters. The largest absolute Gasteiger partial charge is 0.374 e. The Kier molecular flexibility index (Phi) is 3.61. The Bertz CT molecular complexity index is 542. The number of nitro benzene ring substituents is 1. The molecule has 88 valence electrons. The fourth-order valence-electron chi connectivity index (χ4n) is 0.916. The molecule has 0 saturated carbocycles. The lowest BCUT2D eigenvalue weighted by Crippen LogP contribution is -2.08. The van der Waals surface area contributed by atoms with E-state index in [1.807, 2.05) is 0 Å². The Balaban J connectivity index is 3.41. The van der Waals surface area contributed by atoms with Gasteiger partial charge in [0.2, 0.25) is 5.75 Å². The summed E-state index contributed by atoms with van der Waals surface area (Å²) in [6, 6.07) is 2.10. The first-order valence-corrected chi connectivity index (χ1v) is 6.31. The molecule has 16 heavy (non-hydrogen) atoms. The van der Waals surface area contributed by atoms with Crippen molar-refractivity contribution >= 4 is 39.0 Å². The van der Waals surface area contributed by atoms with Gasteiger partial charge in [-0.1, -0.05) is 23.2 Å². The van der Waals surface area contributed by atoms with Gasteiger partial charge in [0.1, 0.15) is 0 Å². The third-order valence-corrected chi connectivity index (χ3v) is 2.39. The summed E-state index contributed by atoms with van der Waals surface area (Å²) in [5, 5.41) is 10.4. The maximum atomic E-state index is 10.9. The quantitative estimate of drug-likeness (QED) is 0.483. The molecule has 0 aromatic heterocycles. The SMILES string of the molecule is CS(=O)(=O)Oc1c(Cl)cc(Cl)cc1[N+](=O)[O-]. The minimum atomic E-state index is -3.90. The van der Waals surface area contributed by atoms with Gasteiger partial charge >= 0.3 is 15.8 Å². The molecule has 1 aromatic rings. The van der Waals surface area contributed by atoms with Crippen molar-refractivity contribution in [2.45, 2.75) is 0 Å². The molecule has 0 radical (unpaired) electrons. The van der Waals surface area contributed by atoms with Gasteiger partial charge in [-0.25, -0.2) is 0 Å². The Labute approximate surface area is 101 Å². The summed E-state index contributed by atoms with van der Waals surface area (Å²) < 4.78 is 26.2. The van der Waals surface area contributed by atoms with E-state index in [9.17, 15) is 18.5 Å². The van der Waals surface area contributed by atoms with E-state index in [4.69, 9.17) is 23.2 Å². The van der Waals surface area contributed by atoms with Gasteiger partial charge in [0, 0.05) is 11.1 Å². The van der Waals surface area contributed by atoms with E-state index in [2.05, 4.69) is 4.18 Å². The van der Waals surface area contributed by atoms with Gasteiger partial charge < -0.3 is 4.18 Å². The predicted octanol–water partition coefficient (Wildman–Crippen LogP) is 2.24. The molecule has 0 bridgehead atoms. The first-order valence-electron chi connectivity index (χ1n) is 3.73. The van der Waals surface area contributed by atoms with E-state index >= 15 is 0 Å². The topological polar surface area (TPSA) is 86.5 Å². The van der Waals surface area contributed by atoms with Crippen LogP contribution in [0.3, 0.4) is 0 Å². The van der Waals surface area contributed by atoms with Crippen molar-refractivity contribution < 1.29 is 17.5 Å². The van der Waals surface area contributed by atoms with Crippen LogP contribution in [0.5, 0.6) is 5.75 Å². The number of rotatable bonds is 3. The Hall–Kier alpha value is -1.05. The third-order valence-electron chi connectivity index (χ3n) is 1.42. The molecule has 0 heterocycles. The van der Waals surface area contributed by atoms with Crippen molar-refractivity contribution in [3.63, 3.8) is 0 Å². The lowest BCUT2D eigenvalue weighted by molar-refractivity contribution is -0.385. The Morgan fingerprint density at radius 1 is 1.38 bits per heavy atom. The molecule has 0 amide bonds. The van der Waals surface area contributed by atoms with Gasteiger partial charge in [-0.2, -0.15) is 8.42 Å². The fraction of sp³-hybridized carbons (Fsp3) is 0.143. The zero-order valence-electron chi connectivity index (χ0n) is 7.81. The molecule has 6 nitrogen and oxygen atoms in total. The van der Waals surface area contributed by atoms with Crippen molar-refractivity contribution in [2.75, 3.05) is 6.26 Å². The molecule has 0 spiro atoms. The van der Waals surface area contributed by atoms with E-state index < -0.39 is 26.5 Å². The lowest BCUT2D eigenvalue weighted by Gasteiger charge is -2.05. The molecule has 0 atom stereocenters. The van der Waals surface area contributed by atoms with Crippen molar-refractivity contribution in [3.8, 4) is 5.75 Å².